The summed E-state index contributed by atoms with van der Waals surface area (Å²) in [5.74, 6) is 0.916. The molecule has 1 unspecified atom stereocenters. The second kappa shape index (κ2) is 8.86. The van der Waals surface area contributed by atoms with Crippen LogP contribution in [0.15, 0.2) is 66.7 Å². The minimum Gasteiger partial charge on any atom is -0.497 e. The Morgan fingerprint density at radius 3 is 1.69 bits per heavy atom. The maximum atomic E-state index is 5.61. The molecule has 0 N–H and O–H groups in total. The summed E-state index contributed by atoms with van der Waals surface area (Å²) >= 11 is 0. The van der Waals surface area contributed by atoms with E-state index in [1.165, 1.54) is 43.4 Å². The number of ether oxygens (including phenoxy) is 1. The molecule has 4 rings (SSSR count). The Bertz CT molecular complexity index is 1320. The highest BCUT2D eigenvalue weighted by atomic mass is 31.1. The number of hydrogen-bond acceptors (Lipinski definition) is 1. The van der Waals surface area contributed by atoms with Crippen molar-refractivity contribution < 1.29 is 4.74 Å². The average Bonchev–Trinajstić information content (AvgIpc) is 3.15. The fourth-order valence-corrected chi connectivity index (χ4v) is 8.14. The van der Waals surface area contributed by atoms with Gasteiger partial charge < -0.3 is 4.74 Å². The molecule has 0 spiro atoms. The van der Waals surface area contributed by atoms with Crippen LogP contribution in [0.1, 0.15) is 79.0 Å². The van der Waals surface area contributed by atoms with Gasteiger partial charge in [-0.15, -0.1) is 0 Å². The molecule has 1 nitrogen and oxygen atoms in total. The summed E-state index contributed by atoms with van der Waals surface area (Å²) in [6.07, 6.45) is 0. The second-order valence-electron chi connectivity index (χ2n) is 12.8. The van der Waals surface area contributed by atoms with Crippen molar-refractivity contribution in [3.8, 4) is 21.9 Å². The van der Waals surface area contributed by atoms with E-state index in [9.17, 15) is 0 Å². The first-order valence-corrected chi connectivity index (χ1v) is 14.0. The van der Waals surface area contributed by atoms with E-state index >= 15 is 0 Å². The lowest BCUT2D eigenvalue weighted by molar-refractivity contribution is 0.415. The summed E-state index contributed by atoms with van der Waals surface area (Å²) in [6, 6.07) is 25.0. The van der Waals surface area contributed by atoms with Crippen molar-refractivity contribution in [1.29, 1.82) is 0 Å². The molecule has 0 aliphatic carbocycles. The van der Waals surface area contributed by atoms with Crippen molar-refractivity contribution in [2.45, 2.75) is 78.6 Å². The molecule has 1 heterocycles. The van der Waals surface area contributed by atoms with Crippen LogP contribution >= 0.6 is 7.53 Å². The molecule has 184 valence electrons. The summed E-state index contributed by atoms with van der Waals surface area (Å²) in [7, 11) is 1.03. The monoisotopic (exact) mass is 484 g/mol. The highest BCUT2D eigenvalue weighted by molar-refractivity contribution is 7.65. The highest BCUT2D eigenvalue weighted by Crippen LogP contribution is 2.61. The quantitative estimate of drug-likeness (QED) is 0.281. The number of benzene rings is 3. The van der Waals surface area contributed by atoms with Gasteiger partial charge in [0.25, 0.3) is 0 Å². The molecule has 2 heteroatoms. The smallest absolute Gasteiger partial charge is 0.119 e. The van der Waals surface area contributed by atoms with Gasteiger partial charge in [0.2, 0.25) is 0 Å². The van der Waals surface area contributed by atoms with Crippen LogP contribution in [0.3, 0.4) is 0 Å². The van der Waals surface area contributed by atoms with Crippen molar-refractivity contribution in [3.05, 3.63) is 83.4 Å². The van der Waals surface area contributed by atoms with Gasteiger partial charge >= 0.3 is 0 Å². The second-order valence-corrected chi connectivity index (χ2v) is 14.9. The fourth-order valence-electron chi connectivity index (χ4n) is 4.83. The largest absolute Gasteiger partial charge is 0.497 e. The van der Waals surface area contributed by atoms with Crippen molar-refractivity contribution >= 4 is 18.0 Å². The molecule has 0 amide bonds. The molecule has 0 aliphatic rings. The Kier molecular flexibility index (Phi) is 6.48. The number of methoxy groups -OCH3 is 1. The van der Waals surface area contributed by atoms with Crippen LogP contribution in [0.4, 0.5) is 0 Å². The average molecular weight is 485 g/mol. The third-order valence-electron chi connectivity index (χ3n) is 6.89. The standard InChI is InChI=1S/C33H41OP/c1-31(2,3)24-20-26(32(4,5)6)30(27(21-24)33(7,8)9)35-28-17-16-25(34-10)18-23(28)19-29(35)22-14-12-11-13-15-22/h11-21H,1-10H3. The zero-order valence-electron chi connectivity index (χ0n) is 23.2. The summed E-state index contributed by atoms with van der Waals surface area (Å²) < 4.78 is 5.61. The lowest BCUT2D eigenvalue weighted by Crippen LogP contribution is -2.22. The Morgan fingerprint density at radius 2 is 1.20 bits per heavy atom. The van der Waals surface area contributed by atoms with Crippen LogP contribution in [0, 0.1) is 0 Å². The van der Waals surface area contributed by atoms with Gasteiger partial charge in [0.05, 0.1) is 7.11 Å². The number of rotatable bonds is 3. The molecule has 0 fully saturated rings. The van der Waals surface area contributed by atoms with Crippen LogP contribution in [0.5, 0.6) is 5.75 Å². The lowest BCUT2D eigenvalue weighted by atomic mass is 9.75. The molecule has 1 atom stereocenters. The minimum absolute atomic E-state index is 0.0238. The molecule has 0 aliphatic heterocycles. The van der Waals surface area contributed by atoms with Crippen LogP contribution in [-0.2, 0) is 16.2 Å². The van der Waals surface area contributed by atoms with Crippen LogP contribution in [0.25, 0.3) is 26.7 Å². The molecule has 0 bridgehead atoms. The first-order valence-electron chi connectivity index (χ1n) is 12.7. The normalized spacial score (nSPS) is 13.4. The zero-order chi connectivity index (χ0) is 25.8. The summed E-state index contributed by atoms with van der Waals surface area (Å²) in [5.41, 5.74) is 5.83. The van der Waals surface area contributed by atoms with Crippen LogP contribution in [-0.4, -0.2) is 7.11 Å². The van der Waals surface area contributed by atoms with Gasteiger partial charge in [0, 0.05) is 15.7 Å². The van der Waals surface area contributed by atoms with Gasteiger partial charge in [0.1, 0.15) is 5.75 Å². The van der Waals surface area contributed by atoms with E-state index in [0.29, 0.717) is 0 Å². The Balaban J connectivity index is 2.23. The topological polar surface area (TPSA) is 9.23 Å². The van der Waals surface area contributed by atoms with E-state index < -0.39 is 7.53 Å². The van der Waals surface area contributed by atoms with Gasteiger partial charge in [-0.2, -0.15) is 0 Å². The van der Waals surface area contributed by atoms with Gasteiger partial charge in [-0.3, -0.25) is 0 Å². The van der Waals surface area contributed by atoms with Gasteiger partial charge in [-0.05, 0) is 68.2 Å². The molecule has 35 heavy (non-hydrogen) atoms. The van der Waals surface area contributed by atoms with Crippen molar-refractivity contribution in [2.24, 2.45) is 0 Å². The molecule has 1 aromatic heterocycles. The molecule has 0 saturated carbocycles. The zero-order valence-corrected chi connectivity index (χ0v) is 24.1. The van der Waals surface area contributed by atoms with Gasteiger partial charge in [-0.1, -0.05) is 112 Å². The van der Waals surface area contributed by atoms with E-state index in [0.717, 1.165) is 5.75 Å². The summed E-state index contributed by atoms with van der Waals surface area (Å²) in [5, 5.41) is 5.68. The number of hydrogen-bond donors (Lipinski definition) is 0. The molecule has 0 radical (unpaired) electrons. The predicted molar refractivity (Wildman–Crippen MR) is 156 cm³/mol. The third-order valence-corrected chi connectivity index (χ3v) is 9.58. The third kappa shape index (κ3) is 4.94. The Hall–Kier alpha value is -2.50. The van der Waals surface area contributed by atoms with Gasteiger partial charge in [0.15, 0.2) is 0 Å². The van der Waals surface area contributed by atoms with Crippen LogP contribution < -0.4 is 4.74 Å². The lowest BCUT2D eigenvalue weighted by Gasteiger charge is -2.34. The Labute approximate surface area is 213 Å². The number of fused-ring (bicyclic) bond motifs is 1. The maximum absolute atomic E-state index is 5.61. The first kappa shape index (κ1) is 25.6. The fraction of sp³-hybridized carbons (Fsp3) is 0.394. The Morgan fingerprint density at radius 1 is 0.629 bits per heavy atom. The molecular formula is C33H41OP. The van der Waals surface area contributed by atoms with E-state index in [2.05, 4.69) is 129 Å². The minimum atomic E-state index is -0.726. The van der Waals surface area contributed by atoms with E-state index in [4.69, 9.17) is 4.74 Å². The SMILES string of the molecule is COc1ccc2c(c1)cc(-c1ccccc1)p2-c1c(C(C)(C)C)cc(C(C)(C)C)cc1C(C)(C)C. The van der Waals surface area contributed by atoms with E-state index in [1.54, 1.807) is 7.11 Å². The maximum Gasteiger partial charge on any atom is 0.119 e. The van der Waals surface area contributed by atoms with Gasteiger partial charge in [-0.25, -0.2) is 0 Å². The highest BCUT2D eigenvalue weighted by Gasteiger charge is 2.31. The van der Waals surface area contributed by atoms with Crippen molar-refractivity contribution in [3.63, 3.8) is 0 Å². The van der Waals surface area contributed by atoms with E-state index in [-0.39, 0.29) is 16.2 Å². The van der Waals surface area contributed by atoms with E-state index in [1.807, 2.05) is 0 Å². The first-order chi connectivity index (χ1) is 16.2. The predicted octanol–water partition coefficient (Wildman–Crippen LogP) is 10.4. The molecule has 0 saturated heterocycles. The van der Waals surface area contributed by atoms with Crippen LogP contribution in [0.2, 0.25) is 0 Å². The van der Waals surface area contributed by atoms with Crippen molar-refractivity contribution in [2.75, 3.05) is 7.11 Å². The summed E-state index contributed by atoms with van der Waals surface area (Å²) in [6.45, 7) is 21.2. The molecule has 3 aromatic carbocycles. The van der Waals surface area contributed by atoms with Crippen molar-refractivity contribution in [1.82, 2.24) is 0 Å². The molecule has 4 aromatic rings. The molecular weight excluding hydrogens is 443 g/mol. The summed E-state index contributed by atoms with van der Waals surface area (Å²) in [4.78, 5) is 0.